The van der Waals surface area contributed by atoms with Gasteiger partial charge in [-0.2, -0.15) is 13.2 Å². The van der Waals surface area contributed by atoms with E-state index in [0.29, 0.717) is 35.8 Å². The van der Waals surface area contributed by atoms with Gasteiger partial charge in [0.2, 0.25) is 0 Å². The highest BCUT2D eigenvalue weighted by molar-refractivity contribution is 6.30. The first-order chi connectivity index (χ1) is 15.7. The Kier molecular flexibility index (Phi) is 6.40. The van der Waals surface area contributed by atoms with Crippen molar-refractivity contribution in [2.75, 3.05) is 19.8 Å². The van der Waals surface area contributed by atoms with Crippen LogP contribution in [0.4, 0.5) is 17.6 Å². The van der Waals surface area contributed by atoms with Crippen molar-refractivity contribution in [3.05, 3.63) is 76.3 Å². The predicted molar refractivity (Wildman–Crippen MR) is 112 cm³/mol. The average molecular weight is 483 g/mol. The molecular weight excluding hydrogens is 464 g/mol. The minimum atomic E-state index is -4.92. The van der Waals surface area contributed by atoms with Crippen LogP contribution in [0.5, 0.6) is 0 Å². The number of hydrogen-bond acceptors (Lipinski definition) is 4. The lowest BCUT2D eigenvalue weighted by atomic mass is 9.74. The van der Waals surface area contributed by atoms with Crippen LogP contribution < -0.4 is 5.32 Å². The van der Waals surface area contributed by atoms with E-state index in [1.165, 1.54) is 0 Å². The quantitative estimate of drug-likeness (QED) is 0.541. The Morgan fingerprint density at radius 2 is 1.85 bits per heavy atom. The molecule has 4 rings (SSSR count). The Hall–Kier alpha value is -2.98. The van der Waals surface area contributed by atoms with Crippen LogP contribution >= 0.6 is 11.6 Å². The number of rotatable bonds is 5. The van der Waals surface area contributed by atoms with E-state index in [2.05, 4.69) is 15.6 Å². The van der Waals surface area contributed by atoms with Crippen molar-refractivity contribution < 1.29 is 27.1 Å². The summed E-state index contributed by atoms with van der Waals surface area (Å²) in [4.78, 5) is 12.8. The number of carbonyl (C=O) groups excluding carboxylic acids is 1. The van der Waals surface area contributed by atoms with Crippen LogP contribution in [0.3, 0.4) is 0 Å². The lowest BCUT2D eigenvalue weighted by Crippen LogP contribution is -2.45. The standard InChI is InChI=1S/C22H19ClF4N4O2/c23-15-3-1-2-14(12-15)21(8-10-33-11-9-21)13-28-20(32)18-19(22(25,26)27)31(30-29-18)17-6-4-16(24)5-7-17/h1-7,12H,8-11,13H2,(H,28,32). The van der Waals surface area contributed by atoms with Gasteiger partial charge in [-0.25, -0.2) is 9.07 Å². The van der Waals surface area contributed by atoms with Crippen LogP contribution in [-0.2, 0) is 16.3 Å². The van der Waals surface area contributed by atoms with E-state index in [1.807, 2.05) is 6.07 Å². The number of hydrogen-bond donors (Lipinski definition) is 1. The molecule has 0 spiro atoms. The molecule has 0 atom stereocenters. The van der Waals surface area contributed by atoms with Gasteiger partial charge in [-0.3, -0.25) is 4.79 Å². The fourth-order valence-corrected chi connectivity index (χ4v) is 4.12. The molecule has 11 heteroatoms. The summed E-state index contributed by atoms with van der Waals surface area (Å²) in [5.41, 5.74) is -1.96. The van der Waals surface area contributed by atoms with Crippen LogP contribution in [-0.4, -0.2) is 40.7 Å². The van der Waals surface area contributed by atoms with Crippen molar-refractivity contribution in [2.45, 2.75) is 24.4 Å². The lowest BCUT2D eigenvalue weighted by molar-refractivity contribution is -0.143. The zero-order valence-electron chi connectivity index (χ0n) is 17.2. The highest BCUT2D eigenvalue weighted by Crippen LogP contribution is 2.36. The number of aromatic nitrogens is 3. The first-order valence-electron chi connectivity index (χ1n) is 10.1. The van der Waals surface area contributed by atoms with Crippen molar-refractivity contribution >= 4 is 17.5 Å². The Bertz CT molecular complexity index is 1140. The molecule has 1 aliphatic rings. The van der Waals surface area contributed by atoms with Crippen LogP contribution in [0, 0.1) is 5.82 Å². The number of nitrogens with zero attached hydrogens (tertiary/aromatic N) is 3. The maximum atomic E-state index is 13.9. The zero-order valence-corrected chi connectivity index (χ0v) is 18.0. The topological polar surface area (TPSA) is 69.0 Å². The third-order valence-corrected chi connectivity index (χ3v) is 5.93. The number of benzene rings is 2. The lowest BCUT2D eigenvalue weighted by Gasteiger charge is -2.38. The van der Waals surface area contributed by atoms with Crippen molar-refractivity contribution in [2.24, 2.45) is 0 Å². The molecule has 174 valence electrons. The van der Waals surface area contributed by atoms with Gasteiger partial charge in [0.15, 0.2) is 11.4 Å². The first kappa shape index (κ1) is 23.2. The maximum Gasteiger partial charge on any atom is 0.435 e. The molecule has 6 nitrogen and oxygen atoms in total. The number of alkyl halides is 3. The molecule has 33 heavy (non-hydrogen) atoms. The van der Waals surface area contributed by atoms with Crippen molar-refractivity contribution in [3.63, 3.8) is 0 Å². The monoisotopic (exact) mass is 482 g/mol. The molecule has 0 saturated carbocycles. The van der Waals surface area contributed by atoms with Gasteiger partial charge in [0.05, 0.1) is 5.69 Å². The van der Waals surface area contributed by atoms with Gasteiger partial charge in [0.25, 0.3) is 5.91 Å². The molecule has 0 radical (unpaired) electrons. The Labute approximate surface area is 191 Å². The van der Waals surface area contributed by atoms with E-state index in [-0.39, 0.29) is 12.2 Å². The molecule has 1 N–H and O–H groups in total. The summed E-state index contributed by atoms with van der Waals surface area (Å²) < 4.78 is 60.7. The fraction of sp³-hybridized carbons (Fsp3) is 0.318. The molecule has 1 fully saturated rings. The third-order valence-electron chi connectivity index (χ3n) is 5.70. The number of nitrogens with one attached hydrogen (secondary N) is 1. The molecule has 0 aliphatic carbocycles. The highest BCUT2D eigenvalue weighted by Gasteiger charge is 2.43. The molecule has 2 aromatic carbocycles. The van der Waals surface area contributed by atoms with E-state index in [1.54, 1.807) is 18.2 Å². The molecule has 2 heterocycles. The SMILES string of the molecule is O=C(NCC1(c2cccc(Cl)c2)CCOCC1)c1nnn(-c2ccc(F)cc2)c1C(F)(F)F. The molecule has 1 aromatic heterocycles. The molecule has 1 amide bonds. The van der Waals surface area contributed by atoms with Crippen LogP contribution in [0.15, 0.2) is 48.5 Å². The largest absolute Gasteiger partial charge is 0.435 e. The molecule has 1 saturated heterocycles. The van der Waals surface area contributed by atoms with Gasteiger partial charge in [0, 0.05) is 30.2 Å². The highest BCUT2D eigenvalue weighted by atomic mass is 35.5. The van der Waals surface area contributed by atoms with Crippen LogP contribution in [0.2, 0.25) is 5.02 Å². The number of carbonyl (C=O) groups is 1. The predicted octanol–water partition coefficient (Wildman–Crippen LogP) is 4.56. The zero-order chi connectivity index (χ0) is 23.6. The van der Waals surface area contributed by atoms with Gasteiger partial charge in [-0.05, 0) is 54.8 Å². The molecule has 0 bridgehead atoms. The summed E-state index contributed by atoms with van der Waals surface area (Å²) in [6.07, 6.45) is -3.81. The Morgan fingerprint density at radius 1 is 1.15 bits per heavy atom. The van der Waals surface area contributed by atoms with Gasteiger partial charge in [0.1, 0.15) is 5.82 Å². The van der Waals surface area contributed by atoms with Crippen molar-refractivity contribution in [1.82, 2.24) is 20.3 Å². The van der Waals surface area contributed by atoms with E-state index in [9.17, 15) is 22.4 Å². The van der Waals surface area contributed by atoms with E-state index < -0.39 is 34.7 Å². The molecule has 3 aromatic rings. The minimum Gasteiger partial charge on any atom is -0.381 e. The van der Waals surface area contributed by atoms with Gasteiger partial charge < -0.3 is 10.1 Å². The average Bonchev–Trinajstić information content (AvgIpc) is 3.25. The second-order valence-electron chi connectivity index (χ2n) is 7.76. The van der Waals surface area contributed by atoms with E-state index >= 15 is 0 Å². The summed E-state index contributed by atoms with van der Waals surface area (Å²) in [7, 11) is 0. The summed E-state index contributed by atoms with van der Waals surface area (Å²) in [5.74, 6) is -1.63. The summed E-state index contributed by atoms with van der Waals surface area (Å²) in [5, 5.41) is 10.1. The third kappa shape index (κ3) is 4.86. The summed E-state index contributed by atoms with van der Waals surface area (Å²) in [6.45, 7) is 0.949. The van der Waals surface area contributed by atoms with Crippen molar-refractivity contribution in [3.8, 4) is 5.69 Å². The van der Waals surface area contributed by atoms with Crippen LogP contribution in [0.1, 0.15) is 34.6 Å². The minimum absolute atomic E-state index is 0.0657. The van der Waals surface area contributed by atoms with Crippen LogP contribution in [0.25, 0.3) is 5.69 Å². The van der Waals surface area contributed by atoms with Gasteiger partial charge in [-0.15, -0.1) is 5.10 Å². The molecule has 1 aliphatic heterocycles. The van der Waals surface area contributed by atoms with Crippen molar-refractivity contribution in [1.29, 1.82) is 0 Å². The smallest absolute Gasteiger partial charge is 0.381 e. The number of ether oxygens (including phenoxy) is 1. The van der Waals surface area contributed by atoms with E-state index in [0.717, 1.165) is 29.8 Å². The second kappa shape index (κ2) is 9.11. The summed E-state index contributed by atoms with van der Waals surface area (Å²) >= 11 is 6.14. The normalized spacial score (nSPS) is 15.9. The number of halogens is 5. The Morgan fingerprint density at radius 3 is 2.48 bits per heavy atom. The summed E-state index contributed by atoms with van der Waals surface area (Å²) in [6, 6.07) is 11.4. The van der Waals surface area contributed by atoms with E-state index in [4.69, 9.17) is 16.3 Å². The van der Waals surface area contributed by atoms with Gasteiger partial charge >= 0.3 is 6.18 Å². The van der Waals surface area contributed by atoms with Gasteiger partial charge in [-0.1, -0.05) is 28.9 Å². The maximum absolute atomic E-state index is 13.9. The number of amides is 1. The molecular formula is C22H19ClF4N4O2. The first-order valence-corrected chi connectivity index (χ1v) is 10.5. The Balaban J connectivity index is 1.63. The fourth-order valence-electron chi connectivity index (χ4n) is 3.93. The molecule has 0 unspecified atom stereocenters. The second-order valence-corrected chi connectivity index (χ2v) is 8.19.